The van der Waals surface area contributed by atoms with Crippen LogP contribution in [0.15, 0.2) is 212 Å². The molecule has 0 radical (unpaired) electrons. The van der Waals surface area contributed by atoms with Crippen LogP contribution >= 0.6 is 0 Å². The minimum Gasteiger partial charge on any atom is -0.310 e. The lowest BCUT2D eigenvalue weighted by atomic mass is 9.82. The average molecular weight is 931 g/mol. The fraction of sp³-hybridized carbons (Fsp3) is 0.171. The molecule has 0 saturated carbocycles. The Morgan fingerprint density at radius 2 is 0.736 bits per heavy atom. The molecule has 352 valence electrons. The van der Waals surface area contributed by atoms with Gasteiger partial charge in [-0.25, -0.2) is 0 Å². The molecule has 0 amide bonds. The first-order chi connectivity index (χ1) is 34.6. The van der Waals surface area contributed by atoms with Crippen molar-refractivity contribution in [2.24, 2.45) is 0 Å². The van der Waals surface area contributed by atoms with E-state index < -0.39 is 0 Å². The second kappa shape index (κ2) is 16.8. The molecule has 0 saturated heterocycles. The van der Waals surface area contributed by atoms with Gasteiger partial charge in [0.1, 0.15) is 0 Å². The molecule has 0 N–H and O–H groups in total. The summed E-state index contributed by atoms with van der Waals surface area (Å²) in [6.07, 6.45) is 0. The van der Waals surface area contributed by atoms with Crippen molar-refractivity contribution >= 4 is 71.2 Å². The van der Waals surface area contributed by atoms with E-state index in [1.807, 2.05) is 0 Å². The van der Waals surface area contributed by atoms with Gasteiger partial charge in [0, 0.05) is 32.9 Å². The Kier molecular flexibility index (Phi) is 10.6. The Hall–Kier alpha value is -7.94. The van der Waals surface area contributed by atoms with Crippen molar-refractivity contribution in [1.82, 2.24) is 4.57 Å². The number of benzene rings is 11. The Morgan fingerprint density at radius 1 is 0.319 bits per heavy atom. The maximum atomic E-state index is 2.46. The molecule has 0 aliphatic carbocycles. The molecule has 1 heterocycles. The third-order valence-corrected chi connectivity index (χ3v) is 15.3. The first kappa shape index (κ1) is 45.2. The molecule has 12 rings (SSSR count). The smallest absolute Gasteiger partial charge is 0.0541 e. The molecule has 2 nitrogen and oxygen atoms in total. The highest BCUT2D eigenvalue weighted by molar-refractivity contribution is 6.27. The predicted octanol–water partition coefficient (Wildman–Crippen LogP) is 20.0. The summed E-state index contributed by atoms with van der Waals surface area (Å²) in [5.74, 6) is 0. The highest BCUT2D eigenvalue weighted by Gasteiger charge is 2.23. The number of rotatable bonds is 7. The van der Waals surface area contributed by atoms with Crippen molar-refractivity contribution in [3.63, 3.8) is 0 Å². The fourth-order valence-electron chi connectivity index (χ4n) is 11.2. The molecule has 0 aliphatic heterocycles. The van der Waals surface area contributed by atoms with Crippen LogP contribution in [-0.2, 0) is 16.2 Å². The number of fused-ring (bicyclic) bond motifs is 3. The molecule has 12 aromatic rings. The Morgan fingerprint density at radius 3 is 1.28 bits per heavy atom. The van der Waals surface area contributed by atoms with Crippen LogP contribution in [0.2, 0.25) is 0 Å². The molecule has 11 aromatic carbocycles. The molecule has 0 atom stereocenters. The standard InChI is InChI=1S/C70H62N2/c1-68(2,3)51-30-18-45(19-31-51)46-22-35-54(36-23-46)71(55-37-24-47(25-38-55)56-41-34-53(70(7,8)9)44-61(56)48-20-32-52(33-21-48)69(4,5)6)64-42-28-49-27-40-60-65(43-29-50-26-39-59(64)66(49)67(50)60)72-62-16-12-10-14-57(62)58-15-11-13-17-63(58)72/h10-44H,1-9H3. The van der Waals surface area contributed by atoms with Crippen molar-refractivity contribution < 1.29 is 0 Å². The van der Waals surface area contributed by atoms with E-state index in [-0.39, 0.29) is 16.2 Å². The van der Waals surface area contributed by atoms with Gasteiger partial charge in [-0.05, 0) is 136 Å². The van der Waals surface area contributed by atoms with Gasteiger partial charge in [0.15, 0.2) is 0 Å². The van der Waals surface area contributed by atoms with Gasteiger partial charge in [-0.1, -0.05) is 226 Å². The zero-order chi connectivity index (χ0) is 49.7. The van der Waals surface area contributed by atoms with Crippen LogP contribution in [0, 0.1) is 0 Å². The highest BCUT2D eigenvalue weighted by atomic mass is 15.1. The maximum absolute atomic E-state index is 2.46. The van der Waals surface area contributed by atoms with Crippen LogP contribution in [0.5, 0.6) is 0 Å². The SMILES string of the molecule is CC(C)(C)c1ccc(-c2ccc(N(c3ccc(-c4ccc(C(C)(C)C)cc4-c4ccc(C(C)(C)C)cc4)cc3)c3ccc4ccc5c(-n6c7ccccc7c7ccccc76)ccc6ccc3c4c65)cc2)cc1. The summed E-state index contributed by atoms with van der Waals surface area (Å²) in [6, 6.07) is 80.0. The minimum absolute atomic E-state index is 0.0156. The lowest BCUT2D eigenvalue weighted by Crippen LogP contribution is -2.12. The van der Waals surface area contributed by atoms with Crippen molar-refractivity contribution in [3.8, 4) is 39.1 Å². The Labute approximate surface area is 425 Å². The number of para-hydroxylation sites is 2. The molecular formula is C70H62N2. The monoisotopic (exact) mass is 930 g/mol. The van der Waals surface area contributed by atoms with Gasteiger partial charge in [0.2, 0.25) is 0 Å². The Bertz CT molecular complexity index is 3930. The minimum atomic E-state index is 0.0156. The summed E-state index contributed by atoms with van der Waals surface area (Å²) in [4.78, 5) is 2.46. The summed E-state index contributed by atoms with van der Waals surface area (Å²) < 4.78 is 2.46. The van der Waals surface area contributed by atoms with Crippen molar-refractivity contribution in [2.75, 3.05) is 4.90 Å². The number of hydrogen-bond acceptors (Lipinski definition) is 1. The quantitative estimate of drug-likeness (QED) is 0.145. The van der Waals surface area contributed by atoms with Gasteiger partial charge in [0.05, 0.1) is 22.4 Å². The van der Waals surface area contributed by atoms with E-state index in [0.717, 1.165) is 17.1 Å². The van der Waals surface area contributed by atoms with E-state index in [9.17, 15) is 0 Å². The van der Waals surface area contributed by atoms with Gasteiger partial charge in [-0.2, -0.15) is 0 Å². The van der Waals surface area contributed by atoms with E-state index in [2.05, 4.69) is 284 Å². The first-order valence-corrected chi connectivity index (χ1v) is 25.7. The zero-order valence-corrected chi connectivity index (χ0v) is 43.1. The Balaban J connectivity index is 1.03. The molecule has 2 heteroatoms. The largest absolute Gasteiger partial charge is 0.310 e. The van der Waals surface area contributed by atoms with Gasteiger partial charge in [-0.3, -0.25) is 0 Å². The summed E-state index contributed by atoms with van der Waals surface area (Å²) in [5.41, 5.74) is 18.5. The van der Waals surface area contributed by atoms with E-state index in [0.29, 0.717) is 0 Å². The van der Waals surface area contributed by atoms with Gasteiger partial charge in [0.25, 0.3) is 0 Å². The normalized spacial score (nSPS) is 12.5. The van der Waals surface area contributed by atoms with E-state index in [1.54, 1.807) is 0 Å². The fourth-order valence-corrected chi connectivity index (χ4v) is 11.2. The van der Waals surface area contributed by atoms with Crippen LogP contribution < -0.4 is 4.90 Å². The van der Waals surface area contributed by atoms with Gasteiger partial charge in [-0.15, -0.1) is 0 Å². The summed E-state index contributed by atoms with van der Waals surface area (Å²) in [5, 5.41) is 10.0. The molecule has 0 aliphatic rings. The number of nitrogens with zero attached hydrogens (tertiary/aromatic N) is 2. The molecule has 0 fully saturated rings. The van der Waals surface area contributed by atoms with E-state index in [1.165, 1.54) is 110 Å². The zero-order valence-electron chi connectivity index (χ0n) is 43.1. The van der Waals surface area contributed by atoms with E-state index >= 15 is 0 Å². The number of anilines is 3. The number of hydrogen-bond donors (Lipinski definition) is 0. The van der Waals surface area contributed by atoms with Gasteiger partial charge >= 0.3 is 0 Å². The molecule has 0 unspecified atom stereocenters. The van der Waals surface area contributed by atoms with E-state index in [4.69, 9.17) is 0 Å². The topological polar surface area (TPSA) is 8.17 Å². The van der Waals surface area contributed by atoms with Crippen LogP contribution in [-0.4, -0.2) is 4.57 Å². The third-order valence-electron chi connectivity index (χ3n) is 15.3. The average Bonchev–Trinajstić information content (AvgIpc) is 3.72. The second-order valence-corrected chi connectivity index (χ2v) is 23.1. The van der Waals surface area contributed by atoms with Crippen LogP contribution in [0.1, 0.15) is 79.0 Å². The van der Waals surface area contributed by atoms with Gasteiger partial charge < -0.3 is 9.47 Å². The molecule has 1 aromatic heterocycles. The first-order valence-electron chi connectivity index (χ1n) is 25.7. The second-order valence-electron chi connectivity index (χ2n) is 23.1. The highest BCUT2D eigenvalue weighted by Crippen LogP contribution is 2.47. The third kappa shape index (κ3) is 7.73. The molecule has 0 spiro atoms. The predicted molar refractivity (Wildman–Crippen MR) is 312 cm³/mol. The molecule has 72 heavy (non-hydrogen) atoms. The van der Waals surface area contributed by atoms with Crippen molar-refractivity contribution in [3.05, 3.63) is 229 Å². The molecule has 0 bridgehead atoms. The van der Waals surface area contributed by atoms with Crippen LogP contribution in [0.4, 0.5) is 17.1 Å². The lowest BCUT2D eigenvalue weighted by Gasteiger charge is -2.28. The van der Waals surface area contributed by atoms with Crippen molar-refractivity contribution in [2.45, 2.75) is 78.6 Å². The molecular weight excluding hydrogens is 869 g/mol. The summed E-state index contributed by atoms with van der Waals surface area (Å²) in [7, 11) is 0. The number of aromatic nitrogens is 1. The summed E-state index contributed by atoms with van der Waals surface area (Å²) >= 11 is 0. The lowest BCUT2D eigenvalue weighted by molar-refractivity contribution is 0.590. The van der Waals surface area contributed by atoms with Crippen molar-refractivity contribution in [1.29, 1.82) is 0 Å². The summed E-state index contributed by atoms with van der Waals surface area (Å²) in [6.45, 7) is 20.6. The van der Waals surface area contributed by atoms with Crippen LogP contribution in [0.25, 0.3) is 93.2 Å². The van der Waals surface area contributed by atoms with Crippen LogP contribution in [0.3, 0.4) is 0 Å². The maximum Gasteiger partial charge on any atom is 0.0541 e.